The first-order chi connectivity index (χ1) is 5.43. The van der Waals surface area contributed by atoms with Crippen LogP contribution in [0.3, 0.4) is 0 Å². The Morgan fingerprint density at radius 2 is 2.09 bits per heavy atom. The van der Waals surface area contributed by atoms with E-state index >= 15 is 0 Å². The molecule has 2 nitrogen and oxygen atoms in total. The molecule has 1 aliphatic rings. The number of ether oxygens (including phenoxy) is 1. The normalized spacial score (nSPS) is 21.2. The molecule has 0 aromatic carbocycles. The molecule has 0 radical (unpaired) electrons. The second-order valence-electron chi connectivity index (χ2n) is 2.81. The smallest absolute Gasteiger partial charge is 0.0594 e. The number of rotatable bonds is 3. The van der Waals surface area contributed by atoms with Crippen molar-refractivity contribution in [2.24, 2.45) is 0 Å². The maximum atomic E-state index is 5.25. The number of morpholine rings is 1. The van der Waals surface area contributed by atoms with Crippen molar-refractivity contribution >= 4 is 0 Å². The minimum Gasteiger partial charge on any atom is -0.379 e. The third kappa shape index (κ3) is 3.54. The van der Waals surface area contributed by atoms with Gasteiger partial charge < -0.3 is 4.74 Å². The zero-order chi connectivity index (χ0) is 7.94. The van der Waals surface area contributed by atoms with Gasteiger partial charge in [0.1, 0.15) is 0 Å². The van der Waals surface area contributed by atoms with Gasteiger partial charge in [0.15, 0.2) is 0 Å². The van der Waals surface area contributed by atoms with Gasteiger partial charge in [0.25, 0.3) is 0 Å². The summed E-state index contributed by atoms with van der Waals surface area (Å²) in [6.45, 7) is 7.30. The fourth-order valence-electron chi connectivity index (χ4n) is 1.25. The lowest BCUT2D eigenvalue weighted by atomic mass is 10.3. The maximum Gasteiger partial charge on any atom is 0.0594 e. The molecule has 0 aromatic heterocycles. The van der Waals surface area contributed by atoms with Crippen molar-refractivity contribution in [2.75, 3.05) is 32.8 Å². The van der Waals surface area contributed by atoms with Gasteiger partial charge in [0.05, 0.1) is 13.2 Å². The highest BCUT2D eigenvalue weighted by molar-refractivity contribution is 4.78. The summed E-state index contributed by atoms with van der Waals surface area (Å²) in [5.41, 5.74) is 0. The first-order valence-corrected chi connectivity index (χ1v) is 4.34. The van der Waals surface area contributed by atoms with E-state index in [4.69, 9.17) is 4.74 Å². The van der Waals surface area contributed by atoms with Gasteiger partial charge in [-0.25, -0.2) is 0 Å². The Morgan fingerprint density at radius 3 is 2.73 bits per heavy atom. The molecule has 1 rings (SSSR count). The van der Waals surface area contributed by atoms with Gasteiger partial charge in [-0.3, -0.25) is 4.90 Å². The molecule has 1 heterocycles. The van der Waals surface area contributed by atoms with Gasteiger partial charge in [0.2, 0.25) is 0 Å². The first kappa shape index (κ1) is 8.75. The SMILES string of the molecule is C/C=C\CCN1CCOCC1. The van der Waals surface area contributed by atoms with Crippen LogP contribution in [0.4, 0.5) is 0 Å². The van der Waals surface area contributed by atoms with E-state index in [1.165, 1.54) is 13.0 Å². The van der Waals surface area contributed by atoms with Crippen LogP contribution in [0.1, 0.15) is 13.3 Å². The van der Waals surface area contributed by atoms with E-state index in [-0.39, 0.29) is 0 Å². The number of hydrogen-bond donors (Lipinski definition) is 0. The fraction of sp³-hybridized carbons (Fsp3) is 0.778. The van der Waals surface area contributed by atoms with E-state index in [2.05, 4.69) is 24.0 Å². The lowest BCUT2D eigenvalue weighted by Crippen LogP contribution is -2.36. The van der Waals surface area contributed by atoms with Crippen molar-refractivity contribution in [2.45, 2.75) is 13.3 Å². The largest absolute Gasteiger partial charge is 0.379 e. The van der Waals surface area contributed by atoms with E-state index in [1.54, 1.807) is 0 Å². The minimum absolute atomic E-state index is 0.913. The van der Waals surface area contributed by atoms with Gasteiger partial charge in [0, 0.05) is 19.6 Å². The summed E-state index contributed by atoms with van der Waals surface area (Å²) in [5, 5.41) is 0. The first-order valence-electron chi connectivity index (χ1n) is 4.34. The Hall–Kier alpha value is -0.340. The molecular formula is C9H17NO. The average Bonchev–Trinajstić information content (AvgIpc) is 2.07. The molecule has 0 saturated carbocycles. The zero-order valence-electron chi connectivity index (χ0n) is 7.25. The van der Waals surface area contributed by atoms with Crippen molar-refractivity contribution in [1.82, 2.24) is 4.90 Å². The molecule has 0 N–H and O–H groups in total. The van der Waals surface area contributed by atoms with Crippen LogP contribution in [0.25, 0.3) is 0 Å². The highest BCUT2D eigenvalue weighted by Gasteiger charge is 2.07. The standard InChI is InChI=1S/C9H17NO/c1-2-3-4-5-10-6-8-11-9-7-10/h2-3H,4-9H2,1H3/b3-2-. The predicted molar refractivity (Wildman–Crippen MR) is 46.7 cm³/mol. The molecule has 0 amide bonds. The summed E-state index contributed by atoms with van der Waals surface area (Å²) in [7, 11) is 0. The molecule has 1 fully saturated rings. The third-order valence-corrected chi connectivity index (χ3v) is 1.95. The fourth-order valence-corrected chi connectivity index (χ4v) is 1.25. The summed E-state index contributed by atoms with van der Waals surface area (Å²) in [6.07, 6.45) is 5.51. The van der Waals surface area contributed by atoms with Crippen LogP contribution in [0.2, 0.25) is 0 Å². The highest BCUT2D eigenvalue weighted by atomic mass is 16.5. The molecule has 0 unspecified atom stereocenters. The van der Waals surface area contributed by atoms with Crippen molar-refractivity contribution < 1.29 is 4.74 Å². The number of nitrogens with zero attached hydrogens (tertiary/aromatic N) is 1. The van der Waals surface area contributed by atoms with E-state index in [0.29, 0.717) is 0 Å². The van der Waals surface area contributed by atoms with E-state index in [1.807, 2.05) is 0 Å². The lowest BCUT2D eigenvalue weighted by molar-refractivity contribution is 0.0387. The molecule has 0 aliphatic carbocycles. The van der Waals surface area contributed by atoms with Crippen LogP contribution in [0.15, 0.2) is 12.2 Å². The van der Waals surface area contributed by atoms with Crippen LogP contribution in [-0.4, -0.2) is 37.7 Å². The van der Waals surface area contributed by atoms with Gasteiger partial charge in [-0.05, 0) is 13.3 Å². The zero-order valence-corrected chi connectivity index (χ0v) is 7.25. The van der Waals surface area contributed by atoms with Crippen molar-refractivity contribution in [3.8, 4) is 0 Å². The second kappa shape index (κ2) is 5.33. The van der Waals surface area contributed by atoms with Crippen LogP contribution < -0.4 is 0 Å². The molecule has 11 heavy (non-hydrogen) atoms. The van der Waals surface area contributed by atoms with Crippen molar-refractivity contribution in [3.63, 3.8) is 0 Å². The lowest BCUT2D eigenvalue weighted by Gasteiger charge is -2.25. The van der Waals surface area contributed by atoms with Crippen LogP contribution in [0, 0.1) is 0 Å². The van der Waals surface area contributed by atoms with Gasteiger partial charge in [-0.15, -0.1) is 0 Å². The van der Waals surface area contributed by atoms with E-state index in [9.17, 15) is 0 Å². The Kier molecular flexibility index (Phi) is 4.24. The molecular weight excluding hydrogens is 138 g/mol. The van der Waals surface area contributed by atoms with E-state index in [0.717, 1.165) is 26.3 Å². The Morgan fingerprint density at radius 1 is 1.36 bits per heavy atom. The second-order valence-corrected chi connectivity index (χ2v) is 2.81. The van der Waals surface area contributed by atoms with E-state index < -0.39 is 0 Å². The summed E-state index contributed by atoms with van der Waals surface area (Å²) in [4.78, 5) is 2.45. The molecule has 64 valence electrons. The summed E-state index contributed by atoms with van der Waals surface area (Å²) >= 11 is 0. The summed E-state index contributed by atoms with van der Waals surface area (Å²) in [6, 6.07) is 0. The molecule has 0 aromatic rings. The molecule has 1 aliphatic heterocycles. The number of allylic oxidation sites excluding steroid dienone is 1. The maximum absolute atomic E-state index is 5.25. The summed E-state index contributed by atoms with van der Waals surface area (Å²) < 4.78 is 5.25. The van der Waals surface area contributed by atoms with Gasteiger partial charge in [-0.2, -0.15) is 0 Å². The average molecular weight is 155 g/mol. The molecule has 2 heteroatoms. The topological polar surface area (TPSA) is 12.5 Å². The molecule has 0 spiro atoms. The number of hydrogen-bond acceptors (Lipinski definition) is 2. The third-order valence-electron chi connectivity index (χ3n) is 1.95. The summed E-state index contributed by atoms with van der Waals surface area (Å²) in [5.74, 6) is 0. The van der Waals surface area contributed by atoms with Crippen molar-refractivity contribution in [3.05, 3.63) is 12.2 Å². The van der Waals surface area contributed by atoms with Crippen LogP contribution in [-0.2, 0) is 4.74 Å². The molecule has 0 atom stereocenters. The van der Waals surface area contributed by atoms with Crippen LogP contribution >= 0.6 is 0 Å². The molecule has 1 saturated heterocycles. The highest BCUT2D eigenvalue weighted by Crippen LogP contribution is 1.97. The van der Waals surface area contributed by atoms with Crippen LogP contribution in [0.5, 0.6) is 0 Å². The Labute approximate surface area is 68.8 Å². The monoisotopic (exact) mass is 155 g/mol. The predicted octanol–water partition coefficient (Wildman–Crippen LogP) is 1.28. The van der Waals surface area contributed by atoms with Crippen molar-refractivity contribution in [1.29, 1.82) is 0 Å². The Bertz CT molecular complexity index is 117. The van der Waals surface area contributed by atoms with Gasteiger partial charge >= 0.3 is 0 Å². The van der Waals surface area contributed by atoms with Gasteiger partial charge in [-0.1, -0.05) is 12.2 Å². The minimum atomic E-state index is 0.913. The quantitative estimate of drug-likeness (QED) is 0.569. The molecule has 0 bridgehead atoms. The Balaban J connectivity index is 2.04.